The second kappa shape index (κ2) is 6.84. The maximum absolute atomic E-state index is 12.2. The zero-order valence-corrected chi connectivity index (χ0v) is 13.5. The van der Waals surface area contributed by atoms with Gasteiger partial charge in [-0.05, 0) is 50.2 Å². The average molecular weight is 310 g/mol. The van der Waals surface area contributed by atoms with Gasteiger partial charge < -0.3 is 15.0 Å². The van der Waals surface area contributed by atoms with Gasteiger partial charge in [-0.25, -0.2) is 0 Å². The minimum atomic E-state index is -0.0912. The van der Waals surface area contributed by atoms with Crippen LogP contribution in [-0.2, 0) is 4.74 Å². The smallest absolute Gasteiger partial charge is 0.255 e. The van der Waals surface area contributed by atoms with E-state index >= 15 is 0 Å². The van der Waals surface area contributed by atoms with Gasteiger partial charge in [0.2, 0.25) is 0 Å². The highest BCUT2D eigenvalue weighted by atomic mass is 16.5. The van der Waals surface area contributed by atoms with E-state index in [-0.39, 0.29) is 5.91 Å². The van der Waals surface area contributed by atoms with E-state index in [4.69, 9.17) is 4.74 Å². The number of carbonyl (C=O) groups is 1. The largest absolute Gasteiger partial charge is 0.377 e. The molecule has 1 fully saturated rings. The van der Waals surface area contributed by atoms with E-state index in [9.17, 15) is 4.79 Å². The topological polar surface area (TPSA) is 41.6 Å². The quantitative estimate of drug-likeness (QED) is 0.942. The summed E-state index contributed by atoms with van der Waals surface area (Å²) in [5.41, 5.74) is 2.62. The highest BCUT2D eigenvalue weighted by Gasteiger charge is 2.25. The summed E-state index contributed by atoms with van der Waals surface area (Å²) in [4.78, 5) is 14.5. The number of morpholine rings is 1. The first kappa shape index (κ1) is 15.6. The monoisotopic (exact) mass is 310 g/mol. The number of hydrogen-bond donors (Lipinski definition) is 1. The predicted molar refractivity (Wildman–Crippen MR) is 93.1 cm³/mol. The van der Waals surface area contributed by atoms with Gasteiger partial charge in [-0.15, -0.1) is 0 Å². The van der Waals surface area contributed by atoms with Gasteiger partial charge in [0.05, 0.1) is 13.2 Å². The molecule has 4 nitrogen and oxygen atoms in total. The standard InChI is InChI=1S/C19H22N2O2/c1-14-12-23-13-15(2)21(14)18-10-8-17(9-11-18)20-19(22)16-6-4-3-5-7-16/h3-11,14-15H,12-13H2,1-2H3,(H,20,22). The van der Waals surface area contributed by atoms with E-state index < -0.39 is 0 Å². The molecule has 2 aromatic carbocycles. The fourth-order valence-corrected chi connectivity index (χ4v) is 3.02. The average Bonchev–Trinajstić information content (AvgIpc) is 2.57. The molecule has 1 heterocycles. The number of nitrogens with one attached hydrogen (secondary N) is 1. The molecule has 1 aliphatic heterocycles. The number of hydrogen-bond acceptors (Lipinski definition) is 3. The Morgan fingerprint density at radius 1 is 1.00 bits per heavy atom. The van der Waals surface area contributed by atoms with Gasteiger partial charge in [-0.1, -0.05) is 18.2 Å². The molecule has 0 radical (unpaired) electrons. The van der Waals surface area contributed by atoms with Gasteiger partial charge in [-0.2, -0.15) is 0 Å². The molecule has 0 saturated carbocycles. The molecule has 1 amide bonds. The van der Waals surface area contributed by atoms with Crippen LogP contribution in [0.25, 0.3) is 0 Å². The Hall–Kier alpha value is -2.33. The summed E-state index contributed by atoms with van der Waals surface area (Å²) in [5, 5.41) is 2.93. The zero-order chi connectivity index (χ0) is 16.2. The third kappa shape index (κ3) is 3.54. The molecule has 2 atom stereocenters. The molecule has 23 heavy (non-hydrogen) atoms. The Morgan fingerprint density at radius 2 is 1.61 bits per heavy atom. The second-order valence-corrected chi connectivity index (χ2v) is 6.01. The summed E-state index contributed by atoms with van der Waals surface area (Å²) in [6, 6.07) is 17.9. The molecule has 0 bridgehead atoms. The molecule has 1 N–H and O–H groups in total. The molecule has 1 saturated heterocycles. The normalized spacial score (nSPS) is 21.0. The summed E-state index contributed by atoms with van der Waals surface area (Å²) in [6.07, 6.45) is 0. The zero-order valence-electron chi connectivity index (χ0n) is 13.5. The maximum atomic E-state index is 12.2. The van der Waals surface area contributed by atoms with Crippen molar-refractivity contribution < 1.29 is 9.53 Å². The third-order valence-electron chi connectivity index (χ3n) is 4.13. The molecule has 2 aromatic rings. The van der Waals surface area contributed by atoms with E-state index in [2.05, 4.69) is 36.2 Å². The fourth-order valence-electron chi connectivity index (χ4n) is 3.02. The van der Waals surface area contributed by atoms with Crippen molar-refractivity contribution in [1.29, 1.82) is 0 Å². The van der Waals surface area contributed by atoms with Crippen LogP contribution in [0.2, 0.25) is 0 Å². The van der Waals surface area contributed by atoms with E-state index in [1.165, 1.54) is 0 Å². The molecular formula is C19H22N2O2. The van der Waals surface area contributed by atoms with Crippen LogP contribution in [0, 0.1) is 0 Å². The number of ether oxygens (including phenoxy) is 1. The highest BCUT2D eigenvalue weighted by molar-refractivity contribution is 6.04. The van der Waals surface area contributed by atoms with E-state index in [1.807, 2.05) is 30.3 Å². The Bertz CT molecular complexity index is 645. The SMILES string of the molecule is CC1COCC(C)N1c1ccc(NC(=O)c2ccccc2)cc1. The Balaban J connectivity index is 1.71. The minimum absolute atomic E-state index is 0.0912. The first-order valence-electron chi connectivity index (χ1n) is 7.97. The van der Waals surface area contributed by atoms with Crippen LogP contribution >= 0.6 is 0 Å². The van der Waals surface area contributed by atoms with Gasteiger partial charge in [0.1, 0.15) is 0 Å². The predicted octanol–water partition coefficient (Wildman–Crippen LogP) is 3.55. The molecular weight excluding hydrogens is 288 g/mol. The molecule has 0 aromatic heterocycles. The van der Waals surface area contributed by atoms with Crippen LogP contribution in [0.3, 0.4) is 0 Å². The van der Waals surface area contributed by atoms with Crippen LogP contribution in [0.4, 0.5) is 11.4 Å². The number of anilines is 2. The van der Waals surface area contributed by atoms with Crippen molar-refractivity contribution in [3.8, 4) is 0 Å². The van der Waals surface area contributed by atoms with Crippen LogP contribution in [0.5, 0.6) is 0 Å². The number of carbonyl (C=O) groups excluding carboxylic acids is 1. The Labute approximate surface area is 137 Å². The molecule has 4 heteroatoms. The van der Waals surface area contributed by atoms with Crippen molar-refractivity contribution in [2.24, 2.45) is 0 Å². The van der Waals surface area contributed by atoms with Crippen molar-refractivity contribution in [3.05, 3.63) is 60.2 Å². The molecule has 1 aliphatic rings. The van der Waals surface area contributed by atoms with Crippen molar-refractivity contribution in [2.45, 2.75) is 25.9 Å². The summed E-state index contributed by atoms with van der Waals surface area (Å²) >= 11 is 0. The summed E-state index contributed by atoms with van der Waals surface area (Å²) in [5.74, 6) is -0.0912. The number of nitrogens with zero attached hydrogens (tertiary/aromatic N) is 1. The number of benzene rings is 2. The van der Waals surface area contributed by atoms with Crippen molar-refractivity contribution in [1.82, 2.24) is 0 Å². The third-order valence-corrected chi connectivity index (χ3v) is 4.13. The lowest BCUT2D eigenvalue weighted by Crippen LogP contribution is -2.49. The number of rotatable bonds is 3. The van der Waals surface area contributed by atoms with E-state index in [0.717, 1.165) is 24.6 Å². The first-order chi connectivity index (χ1) is 11.1. The van der Waals surface area contributed by atoms with Crippen molar-refractivity contribution in [3.63, 3.8) is 0 Å². The summed E-state index contributed by atoms with van der Waals surface area (Å²) in [7, 11) is 0. The lowest BCUT2D eigenvalue weighted by Gasteiger charge is -2.40. The van der Waals surface area contributed by atoms with Gasteiger partial charge >= 0.3 is 0 Å². The second-order valence-electron chi connectivity index (χ2n) is 6.01. The van der Waals surface area contributed by atoms with Crippen LogP contribution in [0.1, 0.15) is 24.2 Å². The molecule has 2 unspecified atom stereocenters. The van der Waals surface area contributed by atoms with Gasteiger partial charge in [-0.3, -0.25) is 4.79 Å². The first-order valence-corrected chi connectivity index (χ1v) is 7.97. The summed E-state index contributed by atoms with van der Waals surface area (Å²) in [6.45, 7) is 5.83. The molecule has 0 aliphatic carbocycles. The van der Waals surface area contributed by atoms with Crippen molar-refractivity contribution in [2.75, 3.05) is 23.4 Å². The van der Waals surface area contributed by atoms with Gasteiger partial charge in [0.25, 0.3) is 5.91 Å². The van der Waals surface area contributed by atoms with Crippen LogP contribution in [-0.4, -0.2) is 31.2 Å². The lowest BCUT2D eigenvalue weighted by atomic mass is 10.1. The minimum Gasteiger partial charge on any atom is -0.377 e. The van der Waals surface area contributed by atoms with Gasteiger partial charge in [0, 0.05) is 29.0 Å². The fraction of sp³-hybridized carbons (Fsp3) is 0.316. The molecule has 3 rings (SSSR count). The van der Waals surface area contributed by atoms with E-state index in [1.54, 1.807) is 12.1 Å². The number of amides is 1. The van der Waals surface area contributed by atoms with E-state index in [0.29, 0.717) is 17.6 Å². The maximum Gasteiger partial charge on any atom is 0.255 e. The van der Waals surface area contributed by atoms with Gasteiger partial charge in [0.15, 0.2) is 0 Å². The highest BCUT2D eigenvalue weighted by Crippen LogP contribution is 2.25. The van der Waals surface area contributed by atoms with Crippen LogP contribution in [0.15, 0.2) is 54.6 Å². The Morgan fingerprint density at radius 3 is 2.22 bits per heavy atom. The molecule has 0 spiro atoms. The van der Waals surface area contributed by atoms with Crippen molar-refractivity contribution >= 4 is 17.3 Å². The molecule has 120 valence electrons. The summed E-state index contributed by atoms with van der Waals surface area (Å²) < 4.78 is 5.57. The lowest BCUT2D eigenvalue weighted by molar-refractivity contribution is 0.0757. The van der Waals surface area contributed by atoms with Crippen LogP contribution < -0.4 is 10.2 Å². The Kier molecular flexibility index (Phi) is 4.63.